The van der Waals surface area contributed by atoms with Gasteiger partial charge in [0.2, 0.25) is 0 Å². The summed E-state index contributed by atoms with van der Waals surface area (Å²) in [6, 6.07) is 3.30. The molecule has 2 rings (SSSR count). The lowest BCUT2D eigenvalue weighted by Gasteiger charge is -2.10. The molecule has 0 unspecified atom stereocenters. The van der Waals surface area contributed by atoms with Crippen molar-refractivity contribution in [2.24, 2.45) is 5.84 Å². The molecule has 0 fully saturated rings. The molecule has 104 valence electrons. The Morgan fingerprint density at radius 1 is 1.25 bits per heavy atom. The van der Waals surface area contributed by atoms with Gasteiger partial charge in [-0.05, 0) is 28.1 Å². The molecule has 0 aliphatic rings. The van der Waals surface area contributed by atoms with E-state index in [0.717, 1.165) is 6.07 Å². The van der Waals surface area contributed by atoms with Crippen molar-refractivity contribution in [1.29, 1.82) is 0 Å². The van der Waals surface area contributed by atoms with Crippen molar-refractivity contribution in [3.63, 3.8) is 0 Å². The van der Waals surface area contributed by atoms with Gasteiger partial charge in [-0.15, -0.1) is 0 Å². The molecule has 1 aromatic heterocycles. The predicted octanol–water partition coefficient (Wildman–Crippen LogP) is 2.66. The van der Waals surface area contributed by atoms with Crippen LogP contribution in [0.2, 0.25) is 0 Å². The Hall–Kier alpha value is -2.06. The Labute approximate surface area is 121 Å². The lowest BCUT2D eigenvalue weighted by molar-refractivity contribution is 0.102. The van der Waals surface area contributed by atoms with E-state index in [1.807, 2.05) is 0 Å². The number of rotatable bonds is 3. The van der Waals surface area contributed by atoms with Crippen molar-refractivity contribution < 1.29 is 13.6 Å². The number of anilines is 2. The van der Waals surface area contributed by atoms with Crippen LogP contribution in [0, 0.1) is 11.6 Å². The minimum atomic E-state index is -0.884. The molecule has 8 heteroatoms. The van der Waals surface area contributed by atoms with Gasteiger partial charge in [0, 0.05) is 18.5 Å². The number of benzene rings is 1. The molecule has 1 heterocycles. The molecular formula is C12H9BrF2N4O. The number of halogens is 3. The maximum absolute atomic E-state index is 13.6. The van der Waals surface area contributed by atoms with Crippen molar-refractivity contribution in [2.75, 3.05) is 10.7 Å². The predicted molar refractivity (Wildman–Crippen MR) is 74.1 cm³/mol. The minimum absolute atomic E-state index is 0.0394. The Balaban J connectivity index is 2.30. The van der Waals surface area contributed by atoms with Gasteiger partial charge in [-0.2, -0.15) is 0 Å². The first-order valence-corrected chi connectivity index (χ1v) is 6.18. The molecule has 0 saturated heterocycles. The van der Waals surface area contributed by atoms with Crippen molar-refractivity contribution >= 4 is 33.2 Å². The van der Waals surface area contributed by atoms with Crippen molar-refractivity contribution in [2.45, 2.75) is 0 Å². The minimum Gasteiger partial charge on any atom is -0.323 e. The summed E-state index contributed by atoms with van der Waals surface area (Å²) >= 11 is 2.92. The maximum Gasteiger partial charge on any atom is 0.259 e. The van der Waals surface area contributed by atoms with Crippen LogP contribution in [-0.2, 0) is 0 Å². The van der Waals surface area contributed by atoms with Crippen LogP contribution in [-0.4, -0.2) is 10.9 Å². The van der Waals surface area contributed by atoms with Crippen LogP contribution in [0.25, 0.3) is 0 Å². The van der Waals surface area contributed by atoms with E-state index >= 15 is 0 Å². The third-order valence-corrected chi connectivity index (χ3v) is 3.09. The van der Waals surface area contributed by atoms with Gasteiger partial charge in [0.15, 0.2) is 0 Å². The summed E-state index contributed by atoms with van der Waals surface area (Å²) in [5.74, 6) is 3.00. The fourth-order valence-electron chi connectivity index (χ4n) is 1.51. The highest BCUT2D eigenvalue weighted by Crippen LogP contribution is 2.24. The number of hydrogen-bond acceptors (Lipinski definition) is 4. The Bertz CT molecular complexity index is 666. The number of carbonyl (C=O) groups excluding carboxylic acids is 1. The average molecular weight is 343 g/mol. The van der Waals surface area contributed by atoms with Gasteiger partial charge in [-0.25, -0.2) is 8.78 Å². The highest BCUT2D eigenvalue weighted by molar-refractivity contribution is 9.10. The van der Waals surface area contributed by atoms with E-state index in [1.165, 1.54) is 18.5 Å². The SMILES string of the molecule is NNc1ccncc1C(=O)Nc1cc(Br)c(F)cc1F. The van der Waals surface area contributed by atoms with Gasteiger partial charge in [-0.3, -0.25) is 15.6 Å². The summed E-state index contributed by atoms with van der Waals surface area (Å²) in [4.78, 5) is 15.8. The normalized spacial score (nSPS) is 10.2. The number of nitrogens with two attached hydrogens (primary N) is 1. The lowest BCUT2D eigenvalue weighted by atomic mass is 10.2. The van der Waals surface area contributed by atoms with E-state index in [1.54, 1.807) is 0 Å². The largest absolute Gasteiger partial charge is 0.323 e. The Morgan fingerprint density at radius 2 is 2.00 bits per heavy atom. The third kappa shape index (κ3) is 2.91. The van der Waals surface area contributed by atoms with Crippen molar-refractivity contribution in [3.8, 4) is 0 Å². The first-order valence-electron chi connectivity index (χ1n) is 5.39. The summed E-state index contributed by atoms with van der Waals surface area (Å²) in [5.41, 5.74) is 2.64. The summed E-state index contributed by atoms with van der Waals surface area (Å²) in [6.07, 6.45) is 2.72. The van der Waals surface area contributed by atoms with Crippen LogP contribution in [0.4, 0.5) is 20.2 Å². The molecule has 0 aliphatic carbocycles. The second-order valence-electron chi connectivity index (χ2n) is 3.77. The van der Waals surface area contributed by atoms with Crippen LogP contribution in [0.15, 0.2) is 35.1 Å². The highest BCUT2D eigenvalue weighted by atomic mass is 79.9. The molecule has 2 aromatic rings. The van der Waals surface area contributed by atoms with E-state index in [9.17, 15) is 13.6 Å². The molecule has 5 nitrogen and oxygen atoms in total. The smallest absolute Gasteiger partial charge is 0.259 e. The summed E-state index contributed by atoms with van der Waals surface area (Å²) in [7, 11) is 0. The van der Waals surface area contributed by atoms with Crippen LogP contribution >= 0.6 is 15.9 Å². The number of carbonyl (C=O) groups is 1. The number of nitrogens with one attached hydrogen (secondary N) is 2. The molecule has 0 aliphatic heterocycles. The van der Waals surface area contributed by atoms with E-state index in [2.05, 4.69) is 31.7 Å². The third-order valence-electron chi connectivity index (χ3n) is 2.48. The maximum atomic E-state index is 13.6. The van der Waals surface area contributed by atoms with Crippen LogP contribution in [0.3, 0.4) is 0 Å². The van der Waals surface area contributed by atoms with E-state index in [0.29, 0.717) is 11.8 Å². The number of hydrogen-bond donors (Lipinski definition) is 3. The number of nitrogens with zero attached hydrogens (tertiary/aromatic N) is 1. The first kappa shape index (κ1) is 14.4. The van der Waals surface area contributed by atoms with Gasteiger partial charge in [0.25, 0.3) is 5.91 Å². The van der Waals surface area contributed by atoms with Crippen LogP contribution in [0.1, 0.15) is 10.4 Å². The zero-order chi connectivity index (χ0) is 14.7. The number of hydrazine groups is 1. The van der Waals surface area contributed by atoms with Gasteiger partial charge >= 0.3 is 0 Å². The zero-order valence-electron chi connectivity index (χ0n) is 9.95. The molecule has 1 aromatic carbocycles. The van der Waals surface area contributed by atoms with Crippen LogP contribution < -0.4 is 16.6 Å². The quantitative estimate of drug-likeness (QED) is 0.455. The second-order valence-corrected chi connectivity index (χ2v) is 4.62. The molecular weight excluding hydrogens is 334 g/mol. The fraction of sp³-hybridized carbons (Fsp3) is 0. The van der Waals surface area contributed by atoms with Crippen molar-refractivity contribution in [1.82, 2.24) is 4.98 Å². The Morgan fingerprint density at radius 3 is 2.70 bits per heavy atom. The molecule has 0 atom stereocenters. The highest BCUT2D eigenvalue weighted by Gasteiger charge is 2.15. The standard InChI is InChI=1S/C12H9BrF2N4O/c13-7-3-11(9(15)4-8(7)14)18-12(20)6-5-17-2-1-10(6)19-16/h1-5H,16H2,(H,17,19)(H,18,20). The zero-order valence-corrected chi connectivity index (χ0v) is 11.5. The number of amides is 1. The number of aromatic nitrogens is 1. The molecule has 20 heavy (non-hydrogen) atoms. The van der Waals surface area contributed by atoms with E-state index < -0.39 is 17.5 Å². The topological polar surface area (TPSA) is 80.0 Å². The fourth-order valence-corrected chi connectivity index (χ4v) is 1.85. The summed E-state index contributed by atoms with van der Waals surface area (Å²) in [6.45, 7) is 0. The van der Waals surface area contributed by atoms with Gasteiger partial charge in [-0.1, -0.05) is 0 Å². The van der Waals surface area contributed by atoms with Gasteiger partial charge < -0.3 is 10.7 Å². The monoisotopic (exact) mass is 342 g/mol. The summed E-state index contributed by atoms with van der Waals surface area (Å²) in [5, 5.41) is 2.32. The second kappa shape index (κ2) is 5.93. The lowest BCUT2D eigenvalue weighted by Crippen LogP contribution is -2.18. The summed E-state index contributed by atoms with van der Waals surface area (Å²) < 4.78 is 26.7. The molecule has 0 bridgehead atoms. The molecule has 1 amide bonds. The number of pyridine rings is 1. The van der Waals surface area contributed by atoms with E-state index in [4.69, 9.17) is 5.84 Å². The van der Waals surface area contributed by atoms with Crippen LogP contribution in [0.5, 0.6) is 0 Å². The van der Waals surface area contributed by atoms with Gasteiger partial charge in [0.1, 0.15) is 11.6 Å². The van der Waals surface area contributed by atoms with Crippen molar-refractivity contribution in [3.05, 3.63) is 52.3 Å². The first-order chi connectivity index (χ1) is 9.52. The molecule has 0 saturated carbocycles. The van der Waals surface area contributed by atoms with Gasteiger partial charge in [0.05, 0.1) is 21.4 Å². The molecule has 4 N–H and O–H groups in total. The van der Waals surface area contributed by atoms with E-state index in [-0.39, 0.29) is 15.7 Å². The average Bonchev–Trinajstić information content (AvgIpc) is 2.44. The molecule has 0 spiro atoms. The molecule has 0 radical (unpaired) electrons. The number of nitrogen functional groups attached to an aromatic ring is 1. The Kier molecular flexibility index (Phi) is 4.26.